The number of carbonyl (C=O) groups excluding carboxylic acids is 2. The van der Waals surface area contributed by atoms with E-state index in [1.165, 1.54) is 0 Å². The summed E-state index contributed by atoms with van der Waals surface area (Å²) in [6.45, 7) is 8.71. The molecular weight excluding hydrogens is 232 g/mol. The monoisotopic (exact) mass is 254 g/mol. The zero-order chi connectivity index (χ0) is 13.7. The third kappa shape index (κ3) is 4.14. The van der Waals surface area contributed by atoms with Crippen LogP contribution in [0.5, 0.6) is 0 Å². The summed E-state index contributed by atoms with van der Waals surface area (Å²) in [4.78, 5) is 25.6. The van der Waals surface area contributed by atoms with E-state index in [0.717, 1.165) is 5.57 Å². The molecule has 0 aromatic carbocycles. The highest BCUT2D eigenvalue weighted by atomic mass is 16.5. The molecule has 0 radical (unpaired) electrons. The van der Waals surface area contributed by atoms with Gasteiger partial charge in [-0.2, -0.15) is 0 Å². The zero-order valence-corrected chi connectivity index (χ0v) is 11.5. The van der Waals surface area contributed by atoms with Crippen molar-refractivity contribution in [2.45, 2.75) is 39.8 Å². The summed E-state index contributed by atoms with van der Waals surface area (Å²) < 4.78 is 5.29. The van der Waals surface area contributed by atoms with Crippen LogP contribution in [-0.4, -0.2) is 48.6 Å². The highest BCUT2D eigenvalue weighted by molar-refractivity contribution is 5.93. The Balaban J connectivity index is 2.76. The number of hydrogen-bond acceptors (Lipinski definition) is 3. The third-order valence-corrected chi connectivity index (χ3v) is 2.56. The minimum absolute atomic E-state index is 0.0554. The van der Waals surface area contributed by atoms with E-state index in [2.05, 4.69) is 5.32 Å². The van der Waals surface area contributed by atoms with Crippen LogP contribution in [-0.2, 0) is 14.3 Å². The Morgan fingerprint density at radius 1 is 1.39 bits per heavy atom. The topological polar surface area (TPSA) is 58.6 Å². The van der Waals surface area contributed by atoms with Crippen molar-refractivity contribution in [2.75, 3.05) is 19.8 Å². The van der Waals surface area contributed by atoms with Crippen molar-refractivity contribution in [3.05, 3.63) is 11.6 Å². The van der Waals surface area contributed by atoms with Crippen LogP contribution in [0, 0.1) is 0 Å². The van der Waals surface area contributed by atoms with Crippen molar-refractivity contribution in [1.29, 1.82) is 0 Å². The molecule has 18 heavy (non-hydrogen) atoms. The smallest absolute Gasteiger partial charge is 0.247 e. The Morgan fingerprint density at radius 3 is 2.61 bits per heavy atom. The largest absolute Gasteiger partial charge is 0.377 e. The van der Waals surface area contributed by atoms with Gasteiger partial charge in [0.05, 0.1) is 13.2 Å². The zero-order valence-electron chi connectivity index (χ0n) is 11.5. The van der Waals surface area contributed by atoms with Gasteiger partial charge in [-0.25, -0.2) is 0 Å². The minimum Gasteiger partial charge on any atom is -0.377 e. The summed E-state index contributed by atoms with van der Waals surface area (Å²) in [5, 5.41) is 2.82. The molecule has 1 rings (SSSR count). The molecule has 1 heterocycles. The second-order valence-electron chi connectivity index (χ2n) is 5.01. The van der Waals surface area contributed by atoms with E-state index in [4.69, 9.17) is 4.74 Å². The Hall–Kier alpha value is -1.36. The quantitative estimate of drug-likeness (QED) is 0.754. The number of ether oxygens (including phenoxy) is 1. The normalized spacial score (nSPS) is 19.6. The van der Waals surface area contributed by atoms with Crippen LogP contribution in [0.4, 0.5) is 0 Å². The Bertz CT molecular complexity index is 346. The summed E-state index contributed by atoms with van der Waals surface area (Å²) in [6, 6.07) is -0.468. The Morgan fingerprint density at radius 2 is 2.06 bits per heavy atom. The number of allylic oxidation sites excluding steroid dienone is 1. The van der Waals surface area contributed by atoms with Crippen molar-refractivity contribution in [3.63, 3.8) is 0 Å². The summed E-state index contributed by atoms with van der Waals surface area (Å²) in [6.07, 6.45) is 1.56. The lowest BCUT2D eigenvalue weighted by Crippen LogP contribution is -2.56. The number of nitrogens with zero attached hydrogens (tertiary/aromatic N) is 1. The lowest BCUT2D eigenvalue weighted by Gasteiger charge is -2.34. The second-order valence-corrected chi connectivity index (χ2v) is 5.01. The van der Waals surface area contributed by atoms with E-state index in [-0.39, 0.29) is 24.5 Å². The molecule has 2 amide bonds. The van der Waals surface area contributed by atoms with Crippen LogP contribution in [0.15, 0.2) is 11.6 Å². The van der Waals surface area contributed by atoms with Crippen molar-refractivity contribution in [3.8, 4) is 0 Å². The molecule has 102 valence electrons. The molecule has 5 nitrogen and oxygen atoms in total. The molecule has 0 aromatic heterocycles. The Labute approximate surface area is 108 Å². The summed E-state index contributed by atoms with van der Waals surface area (Å²) in [5.74, 6) is -0.276. The first-order valence-electron chi connectivity index (χ1n) is 6.25. The lowest BCUT2D eigenvalue weighted by molar-refractivity contribution is -0.145. The first-order chi connectivity index (χ1) is 8.41. The van der Waals surface area contributed by atoms with Gasteiger partial charge in [-0.15, -0.1) is 0 Å². The molecule has 0 saturated carbocycles. The van der Waals surface area contributed by atoms with Gasteiger partial charge in [-0.05, 0) is 27.7 Å². The molecule has 5 heteroatoms. The highest BCUT2D eigenvalue weighted by Gasteiger charge is 2.32. The molecule has 1 unspecified atom stereocenters. The van der Waals surface area contributed by atoms with Crippen LogP contribution in [0.3, 0.4) is 0 Å². The van der Waals surface area contributed by atoms with E-state index in [1.807, 2.05) is 27.7 Å². The van der Waals surface area contributed by atoms with Crippen LogP contribution in [0.1, 0.15) is 27.7 Å². The van der Waals surface area contributed by atoms with Gasteiger partial charge in [0.2, 0.25) is 11.8 Å². The number of amides is 2. The van der Waals surface area contributed by atoms with E-state index >= 15 is 0 Å². The third-order valence-electron chi connectivity index (χ3n) is 2.56. The number of rotatable bonds is 3. The van der Waals surface area contributed by atoms with E-state index in [9.17, 15) is 9.59 Å². The van der Waals surface area contributed by atoms with Crippen molar-refractivity contribution in [2.24, 2.45) is 0 Å². The van der Waals surface area contributed by atoms with Crippen molar-refractivity contribution < 1.29 is 14.3 Å². The Kier molecular flexibility index (Phi) is 5.34. The molecule has 0 aromatic rings. The maximum absolute atomic E-state index is 12.0. The number of hydrogen-bond donors (Lipinski definition) is 1. The lowest BCUT2D eigenvalue weighted by atomic mass is 10.2. The summed E-state index contributed by atoms with van der Waals surface area (Å²) >= 11 is 0. The predicted molar refractivity (Wildman–Crippen MR) is 69.0 cm³/mol. The van der Waals surface area contributed by atoms with Gasteiger partial charge in [0.15, 0.2) is 0 Å². The van der Waals surface area contributed by atoms with Crippen molar-refractivity contribution in [1.82, 2.24) is 10.2 Å². The molecule has 0 spiro atoms. The molecule has 1 fully saturated rings. The molecule has 0 aliphatic carbocycles. The molecule has 1 aliphatic rings. The predicted octanol–water partition coefficient (Wildman–Crippen LogP) is 0.705. The van der Waals surface area contributed by atoms with Crippen LogP contribution in [0.25, 0.3) is 0 Å². The molecule has 0 bridgehead atoms. The standard InChI is InChI=1S/C13H22N2O3/c1-9(2)7-12(16)15-5-6-18-8-11(15)13(17)14-10(3)4/h7,10-11H,5-6,8H2,1-4H3,(H,14,17). The molecule has 1 aliphatic heterocycles. The van der Waals surface area contributed by atoms with Gasteiger partial charge in [-0.1, -0.05) is 5.57 Å². The fourth-order valence-corrected chi connectivity index (χ4v) is 1.80. The molecular formula is C13H22N2O3. The van der Waals surface area contributed by atoms with Gasteiger partial charge in [0, 0.05) is 18.7 Å². The molecule has 1 saturated heterocycles. The number of morpholine rings is 1. The van der Waals surface area contributed by atoms with Gasteiger partial charge in [0.25, 0.3) is 0 Å². The fourth-order valence-electron chi connectivity index (χ4n) is 1.80. The SMILES string of the molecule is CC(C)=CC(=O)N1CCOCC1C(=O)NC(C)C. The average molecular weight is 254 g/mol. The maximum Gasteiger partial charge on any atom is 0.247 e. The van der Waals surface area contributed by atoms with E-state index in [0.29, 0.717) is 13.2 Å². The molecule has 1 atom stereocenters. The number of carbonyl (C=O) groups is 2. The molecule has 1 N–H and O–H groups in total. The van der Waals surface area contributed by atoms with Crippen LogP contribution in [0.2, 0.25) is 0 Å². The van der Waals surface area contributed by atoms with Crippen molar-refractivity contribution >= 4 is 11.8 Å². The van der Waals surface area contributed by atoms with E-state index in [1.54, 1.807) is 11.0 Å². The van der Waals surface area contributed by atoms with Crippen LogP contribution >= 0.6 is 0 Å². The van der Waals surface area contributed by atoms with Gasteiger partial charge < -0.3 is 15.0 Å². The first-order valence-corrected chi connectivity index (χ1v) is 6.25. The minimum atomic E-state index is -0.524. The maximum atomic E-state index is 12.0. The average Bonchev–Trinajstić information content (AvgIpc) is 2.27. The number of nitrogens with one attached hydrogen (secondary N) is 1. The first kappa shape index (κ1) is 14.7. The van der Waals surface area contributed by atoms with Gasteiger partial charge in [-0.3, -0.25) is 9.59 Å². The second kappa shape index (κ2) is 6.54. The summed E-state index contributed by atoms with van der Waals surface area (Å²) in [5.41, 5.74) is 0.925. The van der Waals surface area contributed by atoms with E-state index < -0.39 is 6.04 Å². The van der Waals surface area contributed by atoms with Gasteiger partial charge in [0.1, 0.15) is 6.04 Å². The van der Waals surface area contributed by atoms with Crippen LogP contribution < -0.4 is 5.32 Å². The highest BCUT2D eigenvalue weighted by Crippen LogP contribution is 2.09. The fraction of sp³-hybridized carbons (Fsp3) is 0.692. The van der Waals surface area contributed by atoms with Gasteiger partial charge >= 0.3 is 0 Å². The summed E-state index contributed by atoms with van der Waals surface area (Å²) in [7, 11) is 0.